The Morgan fingerprint density at radius 3 is 2.85 bits per heavy atom. The zero-order chi connectivity index (χ0) is 18.4. The second-order valence-electron chi connectivity index (χ2n) is 7.23. The summed E-state index contributed by atoms with van der Waals surface area (Å²) in [6.45, 7) is 0.317. The molecule has 0 spiro atoms. The Balaban J connectivity index is 1.69. The van der Waals surface area contributed by atoms with Crippen molar-refractivity contribution >= 4 is 28.7 Å². The smallest absolute Gasteiger partial charge is 0.329 e. The first-order valence-corrected chi connectivity index (χ1v) is 8.95. The number of nitrogens with one attached hydrogen (secondary N) is 1. The molecule has 2 fully saturated rings. The van der Waals surface area contributed by atoms with Crippen molar-refractivity contribution in [2.75, 3.05) is 11.4 Å². The molecule has 0 bridgehead atoms. The van der Waals surface area contributed by atoms with Crippen LogP contribution in [0.25, 0.3) is 10.9 Å². The van der Waals surface area contributed by atoms with Crippen LogP contribution in [0.5, 0.6) is 0 Å². The number of carbonyl (C=O) groups is 2. The average molecular weight is 357 g/mol. The maximum atomic E-state index is 12.1. The van der Waals surface area contributed by atoms with Gasteiger partial charge in [0.05, 0.1) is 11.6 Å². The molecule has 26 heavy (non-hydrogen) atoms. The van der Waals surface area contributed by atoms with Crippen LogP contribution in [0.2, 0.25) is 0 Å². The molecular weight excluding hydrogens is 334 g/mol. The number of aryl methyl sites for hydroxylation is 1. The fourth-order valence-electron chi connectivity index (χ4n) is 4.02. The van der Waals surface area contributed by atoms with E-state index in [9.17, 15) is 14.7 Å². The minimum Gasteiger partial charge on any atom is -0.392 e. The van der Waals surface area contributed by atoms with Gasteiger partial charge in [-0.25, -0.2) is 4.79 Å². The molecule has 3 atom stereocenters. The Morgan fingerprint density at radius 1 is 1.31 bits per heavy atom. The van der Waals surface area contributed by atoms with Crippen LogP contribution in [0.1, 0.15) is 37.2 Å². The Bertz CT molecular complexity index is 877. The van der Waals surface area contributed by atoms with E-state index in [1.807, 2.05) is 25.2 Å². The first-order valence-electron chi connectivity index (χ1n) is 8.95. The number of urea groups is 1. The number of fused-ring (bicyclic) bond motifs is 1. The first kappa shape index (κ1) is 17.0. The van der Waals surface area contributed by atoms with Gasteiger partial charge in [0, 0.05) is 37.4 Å². The van der Waals surface area contributed by atoms with Gasteiger partial charge in [-0.3, -0.25) is 19.7 Å². The summed E-state index contributed by atoms with van der Waals surface area (Å²) < 4.78 is 1.73. The van der Waals surface area contributed by atoms with E-state index in [1.54, 1.807) is 4.68 Å². The Hall–Kier alpha value is -2.45. The van der Waals surface area contributed by atoms with Gasteiger partial charge in [0.2, 0.25) is 5.91 Å². The molecule has 1 saturated carbocycles. The van der Waals surface area contributed by atoms with Crippen molar-refractivity contribution in [2.45, 2.75) is 43.7 Å². The van der Waals surface area contributed by atoms with Gasteiger partial charge in [-0.05, 0) is 37.0 Å². The van der Waals surface area contributed by atoms with Crippen molar-refractivity contribution in [3.63, 3.8) is 0 Å². The number of hydrogen-bond donors (Lipinski definition) is 3. The predicted octanol–water partition coefficient (Wildman–Crippen LogP) is 0.975. The SMILES string of the molecule is Cn1nc(N2CCC(=O)NC2=O)c2ccc([C@H]3CC[C@@H](N)C[C@H]3O)cc21. The van der Waals surface area contributed by atoms with Gasteiger partial charge in [-0.2, -0.15) is 5.10 Å². The topological polar surface area (TPSA) is 113 Å². The lowest BCUT2D eigenvalue weighted by Gasteiger charge is -2.31. The number of rotatable bonds is 2. The lowest BCUT2D eigenvalue weighted by molar-refractivity contribution is -0.120. The largest absolute Gasteiger partial charge is 0.392 e. The van der Waals surface area contributed by atoms with Crippen LogP contribution in [0.4, 0.5) is 10.6 Å². The third-order valence-electron chi connectivity index (χ3n) is 5.45. The van der Waals surface area contributed by atoms with Crippen LogP contribution >= 0.6 is 0 Å². The molecule has 2 aliphatic rings. The van der Waals surface area contributed by atoms with Crippen LogP contribution in [0.15, 0.2) is 18.2 Å². The molecule has 4 rings (SSSR count). The zero-order valence-electron chi connectivity index (χ0n) is 14.7. The van der Waals surface area contributed by atoms with Crippen molar-refractivity contribution in [3.05, 3.63) is 23.8 Å². The molecule has 1 aliphatic carbocycles. The number of carbonyl (C=O) groups excluding carboxylic acids is 2. The molecule has 1 saturated heterocycles. The number of nitrogens with two attached hydrogens (primary N) is 1. The zero-order valence-corrected chi connectivity index (χ0v) is 14.7. The fourth-order valence-corrected chi connectivity index (χ4v) is 4.02. The van der Waals surface area contributed by atoms with Gasteiger partial charge in [0.1, 0.15) is 0 Å². The summed E-state index contributed by atoms with van der Waals surface area (Å²) in [5.41, 5.74) is 7.90. The number of aliphatic hydroxyl groups excluding tert-OH is 1. The van der Waals surface area contributed by atoms with Crippen molar-refractivity contribution in [3.8, 4) is 0 Å². The fraction of sp³-hybridized carbons (Fsp3) is 0.500. The van der Waals surface area contributed by atoms with Gasteiger partial charge in [-0.15, -0.1) is 0 Å². The molecule has 2 aromatic rings. The van der Waals surface area contributed by atoms with E-state index in [-0.39, 0.29) is 24.3 Å². The maximum Gasteiger partial charge on any atom is 0.329 e. The second-order valence-corrected chi connectivity index (χ2v) is 7.23. The van der Waals surface area contributed by atoms with Crippen LogP contribution in [-0.2, 0) is 11.8 Å². The number of anilines is 1. The lowest BCUT2D eigenvalue weighted by atomic mass is 9.79. The highest BCUT2D eigenvalue weighted by molar-refractivity contribution is 6.08. The van der Waals surface area contributed by atoms with Gasteiger partial charge < -0.3 is 10.8 Å². The summed E-state index contributed by atoms with van der Waals surface area (Å²) in [7, 11) is 1.83. The van der Waals surface area contributed by atoms with Gasteiger partial charge in [0.15, 0.2) is 5.82 Å². The van der Waals surface area contributed by atoms with Crippen molar-refractivity contribution < 1.29 is 14.7 Å². The molecule has 1 aliphatic heterocycles. The number of imide groups is 1. The first-order chi connectivity index (χ1) is 12.4. The van der Waals surface area contributed by atoms with Crippen molar-refractivity contribution in [1.29, 1.82) is 0 Å². The summed E-state index contributed by atoms with van der Waals surface area (Å²) in [6.07, 6.45) is 2.19. The van der Waals surface area contributed by atoms with Gasteiger partial charge in [-0.1, -0.05) is 6.07 Å². The van der Waals surface area contributed by atoms with E-state index in [2.05, 4.69) is 10.4 Å². The van der Waals surface area contributed by atoms with Gasteiger partial charge in [0.25, 0.3) is 0 Å². The minimum absolute atomic E-state index is 0.0634. The average Bonchev–Trinajstić information content (AvgIpc) is 2.91. The molecule has 138 valence electrons. The molecule has 1 aromatic carbocycles. The Kier molecular flexibility index (Phi) is 4.16. The minimum atomic E-state index is -0.443. The number of aromatic nitrogens is 2. The highest BCUT2D eigenvalue weighted by Gasteiger charge is 2.30. The van der Waals surface area contributed by atoms with E-state index in [0.717, 1.165) is 29.3 Å². The van der Waals surface area contributed by atoms with Crippen molar-refractivity contribution in [2.24, 2.45) is 12.8 Å². The van der Waals surface area contributed by atoms with Crippen molar-refractivity contribution in [1.82, 2.24) is 15.1 Å². The molecule has 1 aromatic heterocycles. The standard InChI is InChI=1S/C18H23N5O3/c1-22-14-8-10(12-5-3-11(19)9-15(12)24)2-4-13(14)17(21-22)23-7-6-16(25)20-18(23)26/h2,4,8,11-12,15,24H,3,5-7,9,19H2,1H3,(H,20,25,26)/t11-,12-,15-/m1/s1. The second kappa shape index (κ2) is 6.37. The maximum absolute atomic E-state index is 12.1. The molecule has 0 radical (unpaired) electrons. The highest BCUT2D eigenvalue weighted by atomic mass is 16.3. The van der Waals surface area contributed by atoms with Gasteiger partial charge >= 0.3 is 6.03 Å². The number of nitrogens with zero attached hydrogens (tertiary/aromatic N) is 3. The number of amides is 3. The number of hydrogen-bond acceptors (Lipinski definition) is 5. The Labute approximate surface area is 150 Å². The summed E-state index contributed by atoms with van der Waals surface area (Å²) >= 11 is 0. The molecular formula is C18H23N5O3. The van der Waals surface area contributed by atoms with E-state index < -0.39 is 12.1 Å². The molecule has 0 unspecified atom stereocenters. The number of aliphatic hydroxyl groups is 1. The highest BCUT2D eigenvalue weighted by Crippen LogP contribution is 2.36. The lowest BCUT2D eigenvalue weighted by Crippen LogP contribution is -2.49. The Morgan fingerprint density at radius 2 is 2.12 bits per heavy atom. The van der Waals surface area contributed by atoms with Crippen LogP contribution in [0, 0.1) is 0 Å². The molecule has 8 nitrogen and oxygen atoms in total. The summed E-state index contributed by atoms with van der Waals surface area (Å²) in [6, 6.07) is 5.59. The molecule has 3 amide bonds. The van der Waals surface area contributed by atoms with E-state index in [0.29, 0.717) is 18.8 Å². The molecule has 4 N–H and O–H groups in total. The quantitative estimate of drug-likeness (QED) is 0.741. The third kappa shape index (κ3) is 2.85. The molecule has 8 heteroatoms. The third-order valence-corrected chi connectivity index (χ3v) is 5.45. The molecule has 2 heterocycles. The monoisotopic (exact) mass is 357 g/mol. The van der Waals surface area contributed by atoms with Crippen LogP contribution < -0.4 is 16.0 Å². The van der Waals surface area contributed by atoms with Crippen LogP contribution in [-0.4, -0.2) is 45.5 Å². The van der Waals surface area contributed by atoms with Crippen LogP contribution in [0.3, 0.4) is 0 Å². The van der Waals surface area contributed by atoms with E-state index in [4.69, 9.17) is 5.73 Å². The summed E-state index contributed by atoms with van der Waals surface area (Å²) in [5.74, 6) is 0.344. The van der Waals surface area contributed by atoms with E-state index in [1.165, 1.54) is 4.90 Å². The summed E-state index contributed by atoms with van der Waals surface area (Å²) in [4.78, 5) is 25.0. The summed E-state index contributed by atoms with van der Waals surface area (Å²) in [5, 5.41) is 18.1. The predicted molar refractivity (Wildman–Crippen MR) is 96.8 cm³/mol. The normalized spacial score (nSPS) is 27.0. The number of benzene rings is 1. The van der Waals surface area contributed by atoms with E-state index >= 15 is 0 Å².